The first-order valence-electron chi connectivity index (χ1n) is 9.29. The molecule has 4 aromatic rings. The van der Waals surface area contributed by atoms with E-state index in [2.05, 4.69) is 10.1 Å². The Morgan fingerprint density at radius 2 is 2.00 bits per heavy atom. The van der Waals surface area contributed by atoms with Crippen molar-refractivity contribution >= 4 is 17.2 Å². The summed E-state index contributed by atoms with van der Waals surface area (Å²) in [4.78, 5) is 16.0. The van der Waals surface area contributed by atoms with Crippen LogP contribution in [0.3, 0.4) is 0 Å². The molecule has 0 aliphatic heterocycles. The molecule has 2 aromatic heterocycles. The van der Waals surface area contributed by atoms with Crippen LogP contribution in [0.2, 0.25) is 0 Å². The number of carbonyl (C=O) groups is 1. The second-order valence-corrected chi connectivity index (χ2v) is 6.96. The fourth-order valence-corrected chi connectivity index (χ4v) is 3.57. The minimum atomic E-state index is -0.248. The van der Waals surface area contributed by atoms with Gasteiger partial charge in [0.15, 0.2) is 6.29 Å². The molecule has 2 aromatic carbocycles. The number of nitrogens with zero attached hydrogens (tertiary/aromatic N) is 4. The van der Waals surface area contributed by atoms with Gasteiger partial charge in [-0.2, -0.15) is 5.10 Å². The molecule has 0 amide bonds. The molecule has 0 N–H and O–H groups in total. The minimum absolute atomic E-state index is 0.248. The van der Waals surface area contributed by atoms with Crippen LogP contribution in [0.5, 0.6) is 0 Å². The van der Waals surface area contributed by atoms with E-state index in [1.54, 1.807) is 10.7 Å². The lowest BCUT2D eigenvalue weighted by atomic mass is 10.1. The summed E-state index contributed by atoms with van der Waals surface area (Å²) in [6.07, 6.45) is 4.24. The number of hydrogen-bond donors (Lipinski definition) is 0. The zero-order chi connectivity index (χ0) is 19.8. The summed E-state index contributed by atoms with van der Waals surface area (Å²) in [5.74, 6) is 0.298. The minimum Gasteiger partial charge on any atom is -0.296 e. The van der Waals surface area contributed by atoms with Gasteiger partial charge >= 0.3 is 0 Å². The number of aldehydes is 1. The molecular formula is C22H21FN4O. The number of aromatic nitrogens is 4. The van der Waals surface area contributed by atoms with E-state index < -0.39 is 0 Å². The standard InChI is InChI=1S/C22H21FN4O/c1-4-5-15-6-7-16(11-19(15)23)22-24-21(13-28)14(2)27(22)18-8-9-20-17(10-18)12-26(3)25-20/h6-13H,4-5H2,1-3H3. The Morgan fingerprint density at radius 1 is 1.18 bits per heavy atom. The molecule has 6 heteroatoms. The van der Waals surface area contributed by atoms with Crippen LogP contribution < -0.4 is 0 Å². The van der Waals surface area contributed by atoms with Crippen LogP contribution in [0.4, 0.5) is 4.39 Å². The summed E-state index contributed by atoms with van der Waals surface area (Å²) in [6, 6.07) is 11.0. The largest absolute Gasteiger partial charge is 0.296 e. The molecule has 0 saturated heterocycles. The monoisotopic (exact) mass is 376 g/mol. The van der Waals surface area contributed by atoms with Gasteiger partial charge in [0.2, 0.25) is 0 Å². The Hall–Kier alpha value is -3.28. The maximum absolute atomic E-state index is 14.5. The highest BCUT2D eigenvalue weighted by Gasteiger charge is 2.18. The van der Waals surface area contributed by atoms with E-state index in [9.17, 15) is 9.18 Å². The first-order valence-corrected chi connectivity index (χ1v) is 9.29. The lowest BCUT2D eigenvalue weighted by molar-refractivity contribution is 0.111. The smallest absolute Gasteiger partial charge is 0.170 e. The Labute approximate surface area is 162 Å². The SMILES string of the molecule is CCCc1ccc(-c2nc(C=O)c(C)n2-c2ccc3nn(C)cc3c2)cc1F. The van der Waals surface area contributed by atoms with Gasteiger partial charge in [0.1, 0.15) is 17.3 Å². The third-order valence-electron chi connectivity index (χ3n) is 4.95. The van der Waals surface area contributed by atoms with Crippen LogP contribution >= 0.6 is 0 Å². The van der Waals surface area contributed by atoms with E-state index in [-0.39, 0.29) is 5.82 Å². The fourth-order valence-electron chi connectivity index (χ4n) is 3.57. The molecule has 0 aliphatic rings. The van der Waals surface area contributed by atoms with Crippen LogP contribution in [0, 0.1) is 12.7 Å². The van der Waals surface area contributed by atoms with Crippen LogP contribution in [-0.2, 0) is 13.5 Å². The van der Waals surface area contributed by atoms with E-state index >= 15 is 0 Å². The van der Waals surface area contributed by atoms with Crippen LogP contribution in [-0.4, -0.2) is 25.6 Å². The zero-order valence-electron chi connectivity index (χ0n) is 16.1. The van der Waals surface area contributed by atoms with Crippen molar-refractivity contribution in [2.75, 3.05) is 0 Å². The zero-order valence-corrected chi connectivity index (χ0v) is 16.1. The van der Waals surface area contributed by atoms with E-state index in [1.807, 2.05) is 55.9 Å². The molecule has 2 heterocycles. The molecule has 0 unspecified atom stereocenters. The van der Waals surface area contributed by atoms with E-state index in [0.717, 1.165) is 29.3 Å². The molecule has 0 bridgehead atoms. The van der Waals surface area contributed by atoms with Crippen molar-refractivity contribution < 1.29 is 9.18 Å². The summed E-state index contributed by atoms with van der Waals surface area (Å²) in [5.41, 5.74) is 4.13. The number of rotatable bonds is 5. The van der Waals surface area contributed by atoms with Crippen molar-refractivity contribution in [2.45, 2.75) is 26.7 Å². The normalized spacial score (nSPS) is 11.3. The molecule has 4 rings (SSSR count). The average molecular weight is 376 g/mol. The van der Waals surface area contributed by atoms with Crippen LogP contribution in [0.25, 0.3) is 28.0 Å². The molecule has 142 valence electrons. The topological polar surface area (TPSA) is 52.7 Å². The number of imidazole rings is 1. The highest BCUT2D eigenvalue weighted by molar-refractivity contribution is 5.82. The van der Waals surface area contributed by atoms with Crippen LogP contribution in [0.15, 0.2) is 42.6 Å². The van der Waals surface area contributed by atoms with Gasteiger partial charge in [-0.15, -0.1) is 0 Å². The number of halogens is 1. The Morgan fingerprint density at radius 3 is 2.71 bits per heavy atom. The van der Waals surface area contributed by atoms with Crippen LogP contribution in [0.1, 0.15) is 35.1 Å². The molecule has 28 heavy (non-hydrogen) atoms. The number of benzene rings is 2. The van der Waals surface area contributed by atoms with Gasteiger partial charge < -0.3 is 0 Å². The highest BCUT2D eigenvalue weighted by atomic mass is 19.1. The summed E-state index contributed by atoms with van der Waals surface area (Å²) in [5, 5.41) is 5.38. The van der Waals surface area contributed by atoms with Gasteiger partial charge in [-0.25, -0.2) is 9.37 Å². The van der Waals surface area contributed by atoms with Crippen molar-refractivity contribution in [1.82, 2.24) is 19.3 Å². The second-order valence-electron chi connectivity index (χ2n) is 6.96. The lowest BCUT2D eigenvalue weighted by Crippen LogP contribution is -2.01. The number of hydrogen-bond acceptors (Lipinski definition) is 3. The summed E-state index contributed by atoms with van der Waals surface area (Å²) in [7, 11) is 1.87. The molecule has 0 atom stereocenters. The van der Waals surface area contributed by atoms with Crippen molar-refractivity contribution in [3.63, 3.8) is 0 Å². The third kappa shape index (κ3) is 3.01. The van der Waals surface area contributed by atoms with Gasteiger partial charge in [0.25, 0.3) is 0 Å². The van der Waals surface area contributed by atoms with Crippen molar-refractivity contribution in [3.8, 4) is 17.1 Å². The first-order chi connectivity index (χ1) is 13.5. The quantitative estimate of drug-likeness (QED) is 0.477. The molecule has 0 radical (unpaired) electrons. The number of carbonyl (C=O) groups excluding carboxylic acids is 1. The third-order valence-corrected chi connectivity index (χ3v) is 4.95. The van der Waals surface area contributed by atoms with E-state index in [4.69, 9.17) is 0 Å². The average Bonchev–Trinajstić information content (AvgIpc) is 3.21. The van der Waals surface area contributed by atoms with Gasteiger partial charge in [-0.05, 0) is 43.2 Å². The van der Waals surface area contributed by atoms with Crippen molar-refractivity contribution in [1.29, 1.82) is 0 Å². The fraction of sp³-hybridized carbons (Fsp3) is 0.227. The molecule has 0 fully saturated rings. The predicted octanol–water partition coefficient (Wildman–Crippen LogP) is 4.64. The number of fused-ring (bicyclic) bond motifs is 1. The molecule has 5 nitrogen and oxygen atoms in total. The summed E-state index contributed by atoms with van der Waals surface area (Å²) >= 11 is 0. The van der Waals surface area contributed by atoms with Gasteiger partial charge in [0, 0.05) is 29.9 Å². The second kappa shape index (κ2) is 7.03. The summed E-state index contributed by atoms with van der Waals surface area (Å²) < 4.78 is 18.2. The molecular weight excluding hydrogens is 355 g/mol. The lowest BCUT2D eigenvalue weighted by Gasteiger charge is -2.11. The molecule has 0 saturated carbocycles. The Balaban J connectivity index is 1.90. The molecule has 0 spiro atoms. The van der Waals surface area contributed by atoms with Gasteiger partial charge in [-0.1, -0.05) is 25.5 Å². The maximum Gasteiger partial charge on any atom is 0.170 e. The van der Waals surface area contributed by atoms with Crippen molar-refractivity contribution in [2.24, 2.45) is 7.05 Å². The van der Waals surface area contributed by atoms with Gasteiger partial charge in [-0.3, -0.25) is 14.0 Å². The summed E-state index contributed by atoms with van der Waals surface area (Å²) in [6.45, 7) is 3.86. The van der Waals surface area contributed by atoms with E-state index in [1.165, 1.54) is 6.07 Å². The Bertz CT molecular complexity index is 1190. The Kier molecular flexibility index (Phi) is 4.55. The highest BCUT2D eigenvalue weighted by Crippen LogP contribution is 2.29. The predicted molar refractivity (Wildman–Crippen MR) is 107 cm³/mol. The van der Waals surface area contributed by atoms with E-state index in [0.29, 0.717) is 34.8 Å². The first kappa shape index (κ1) is 18.1. The van der Waals surface area contributed by atoms with Crippen molar-refractivity contribution in [3.05, 3.63) is 65.4 Å². The maximum atomic E-state index is 14.5. The number of aryl methyl sites for hydroxylation is 2. The molecule has 0 aliphatic carbocycles. The van der Waals surface area contributed by atoms with Gasteiger partial charge in [0.05, 0.1) is 11.2 Å².